The van der Waals surface area contributed by atoms with Gasteiger partial charge in [-0.15, -0.1) is 0 Å². The molecule has 2 aromatic carbocycles. The van der Waals surface area contributed by atoms with E-state index in [2.05, 4.69) is 17.1 Å². The van der Waals surface area contributed by atoms with E-state index in [0.717, 1.165) is 22.3 Å². The Hall–Kier alpha value is -3.61. The van der Waals surface area contributed by atoms with E-state index in [1.54, 1.807) is 25.5 Å². The number of fused-ring (bicyclic) bond motifs is 3. The summed E-state index contributed by atoms with van der Waals surface area (Å²) in [5.41, 5.74) is 4.90. The zero-order valence-corrected chi connectivity index (χ0v) is 17.7. The molecule has 1 unspecified atom stereocenters. The van der Waals surface area contributed by atoms with Gasteiger partial charge in [0.2, 0.25) is 0 Å². The topological polar surface area (TPSA) is 84.7 Å². The molecule has 1 aromatic heterocycles. The van der Waals surface area contributed by atoms with Crippen LogP contribution in [-0.4, -0.2) is 44.3 Å². The van der Waals surface area contributed by atoms with Crippen LogP contribution in [0.4, 0.5) is 4.79 Å². The molecule has 3 aromatic rings. The van der Waals surface area contributed by atoms with Crippen LogP contribution in [-0.2, 0) is 16.6 Å². The molecule has 0 fully saturated rings. The third-order valence-corrected chi connectivity index (χ3v) is 5.75. The van der Waals surface area contributed by atoms with Crippen molar-refractivity contribution < 1.29 is 19.4 Å². The molecule has 1 aliphatic rings. The Kier molecular flexibility index (Phi) is 5.50. The molecule has 0 spiro atoms. The Labute approximate surface area is 180 Å². The number of hydrogen-bond donors (Lipinski definition) is 1. The molecule has 1 heterocycles. The Bertz CT molecular complexity index is 1080. The molecule has 0 bridgehead atoms. The van der Waals surface area contributed by atoms with Crippen LogP contribution in [0.3, 0.4) is 0 Å². The molecule has 7 heteroatoms. The van der Waals surface area contributed by atoms with Crippen molar-refractivity contribution in [1.82, 2.24) is 14.5 Å². The summed E-state index contributed by atoms with van der Waals surface area (Å²) in [6, 6.07) is 14.6. The first kappa shape index (κ1) is 20.7. The van der Waals surface area contributed by atoms with Gasteiger partial charge in [-0.1, -0.05) is 48.5 Å². The molecule has 160 valence electrons. The first-order valence-electron chi connectivity index (χ1n) is 10.2. The molecule has 1 aliphatic carbocycles. The quantitative estimate of drug-likeness (QED) is 0.647. The summed E-state index contributed by atoms with van der Waals surface area (Å²) >= 11 is 0. The third-order valence-electron chi connectivity index (χ3n) is 5.75. The van der Waals surface area contributed by atoms with Crippen LogP contribution in [0.1, 0.15) is 42.6 Å². The van der Waals surface area contributed by atoms with Crippen molar-refractivity contribution in [2.75, 3.05) is 6.61 Å². The summed E-state index contributed by atoms with van der Waals surface area (Å²) in [6.07, 6.45) is 2.32. The summed E-state index contributed by atoms with van der Waals surface area (Å²) < 4.78 is 7.33. The van der Waals surface area contributed by atoms with E-state index in [4.69, 9.17) is 4.74 Å². The summed E-state index contributed by atoms with van der Waals surface area (Å²) in [4.78, 5) is 30.5. The van der Waals surface area contributed by atoms with Gasteiger partial charge >= 0.3 is 12.1 Å². The first-order chi connectivity index (χ1) is 14.9. The minimum atomic E-state index is -1.19. The van der Waals surface area contributed by atoms with Gasteiger partial charge in [-0.2, -0.15) is 0 Å². The number of carbonyl (C=O) groups is 2. The molecular formula is C24H25N3O4. The van der Waals surface area contributed by atoms with E-state index >= 15 is 0 Å². The first-order valence-corrected chi connectivity index (χ1v) is 10.2. The standard InChI is InChI=1S/C24H25N3O4/c1-15(2)27(22(23(28)29)21-12-25-14-26(21)3)24(30)31-13-20-18-10-6-4-8-16(18)17-9-5-7-11-19(17)20/h4-12,14-15,20,22H,13H2,1-3H3,(H,28,29). The third kappa shape index (κ3) is 3.67. The number of aryl methyl sites for hydroxylation is 1. The predicted molar refractivity (Wildman–Crippen MR) is 116 cm³/mol. The van der Waals surface area contributed by atoms with Crippen LogP contribution in [0.2, 0.25) is 0 Å². The lowest BCUT2D eigenvalue weighted by Gasteiger charge is -2.32. The van der Waals surface area contributed by atoms with E-state index in [9.17, 15) is 14.7 Å². The number of amides is 1. The van der Waals surface area contributed by atoms with E-state index in [1.807, 2.05) is 36.4 Å². The van der Waals surface area contributed by atoms with E-state index in [1.165, 1.54) is 17.4 Å². The number of aliphatic carboxylic acids is 1. The second kappa shape index (κ2) is 8.26. The lowest BCUT2D eigenvalue weighted by Crippen LogP contribution is -2.44. The molecule has 0 aliphatic heterocycles. The van der Waals surface area contributed by atoms with Crippen molar-refractivity contribution in [1.29, 1.82) is 0 Å². The van der Waals surface area contributed by atoms with E-state index in [0.29, 0.717) is 5.69 Å². The van der Waals surface area contributed by atoms with Crippen LogP contribution in [0.5, 0.6) is 0 Å². The molecular weight excluding hydrogens is 394 g/mol. The maximum Gasteiger partial charge on any atom is 0.411 e. The van der Waals surface area contributed by atoms with Gasteiger partial charge in [0.1, 0.15) is 6.61 Å². The summed E-state index contributed by atoms with van der Waals surface area (Å²) in [5, 5.41) is 9.89. The maximum absolute atomic E-state index is 13.1. The Morgan fingerprint density at radius 2 is 1.68 bits per heavy atom. The number of rotatable bonds is 6. The fourth-order valence-electron chi connectivity index (χ4n) is 4.30. The van der Waals surface area contributed by atoms with Crippen LogP contribution in [0.25, 0.3) is 11.1 Å². The molecule has 7 nitrogen and oxygen atoms in total. The minimum Gasteiger partial charge on any atom is -0.479 e. The van der Waals surface area contributed by atoms with Crippen molar-refractivity contribution in [2.24, 2.45) is 7.05 Å². The van der Waals surface area contributed by atoms with Gasteiger partial charge in [0, 0.05) is 19.0 Å². The van der Waals surface area contributed by atoms with Gasteiger partial charge in [0.05, 0.1) is 18.2 Å². The van der Waals surface area contributed by atoms with Crippen LogP contribution >= 0.6 is 0 Å². The fraction of sp³-hybridized carbons (Fsp3) is 0.292. The predicted octanol–water partition coefficient (Wildman–Crippen LogP) is 4.21. The van der Waals surface area contributed by atoms with Crippen LogP contribution in [0, 0.1) is 0 Å². The largest absolute Gasteiger partial charge is 0.479 e. The number of carbonyl (C=O) groups excluding carboxylic acids is 1. The van der Waals surface area contributed by atoms with Gasteiger partial charge in [0.25, 0.3) is 0 Å². The van der Waals surface area contributed by atoms with Gasteiger partial charge < -0.3 is 14.4 Å². The molecule has 0 saturated heterocycles. The number of carboxylic acid groups (broad SMARTS) is 1. The lowest BCUT2D eigenvalue weighted by atomic mass is 9.98. The number of aromatic nitrogens is 2. The molecule has 1 atom stereocenters. The van der Waals surface area contributed by atoms with Crippen molar-refractivity contribution in [3.05, 3.63) is 77.9 Å². The monoisotopic (exact) mass is 419 g/mol. The molecule has 31 heavy (non-hydrogen) atoms. The van der Waals surface area contributed by atoms with Crippen molar-refractivity contribution in [2.45, 2.75) is 31.8 Å². The Morgan fingerprint density at radius 1 is 1.10 bits per heavy atom. The van der Waals surface area contributed by atoms with Crippen molar-refractivity contribution in [3.63, 3.8) is 0 Å². The second-order valence-electron chi connectivity index (χ2n) is 7.98. The maximum atomic E-state index is 13.1. The zero-order chi connectivity index (χ0) is 22.1. The smallest absolute Gasteiger partial charge is 0.411 e. The molecule has 0 radical (unpaired) electrons. The van der Waals surface area contributed by atoms with Crippen molar-refractivity contribution >= 4 is 12.1 Å². The van der Waals surface area contributed by atoms with Crippen LogP contribution in [0.15, 0.2) is 61.1 Å². The Morgan fingerprint density at radius 3 is 2.16 bits per heavy atom. The average molecular weight is 419 g/mol. The van der Waals surface area contributed by atoms with Gasteiger partial charge in [-0.3, -0.25) is 4.90 Å². The Balaban J connectivity index is 1.60. The van der Waals surface area contributed by atoms with E-state index in [-0.39, 0.29) is 18.6 Å². The fourth-order valence-corrected chi connectivity index (χ4v) is 4.30. The number of imidazole rings is 1. The highest BCUT2D eigenvalue weighted by atomic mass is 16.6. The number of nitrogens with zero attached hydrogens (tertiary/aromatic N) is 3. The van der Waals surface area contributed by atoms with Gasteiger partial charge in [0.15, 0.2) is 6.04 Å². The normalized spacial score (nSPS) is 13.5. The average Bonchev–Trinajstić information content (AvgIpc) is 3.30. The van der Waals surface area contributed by atoms with Gasteiger partial charge in [-0.05, 0) is 36.1 Å². The lowest BCUT2D eigenvalue weighted by molar-refractivity contribution is -0.144. The highest BCUT2D eigenvalue weighted by molar-refractivity contribution is 5.82. The highest BCUT2D eigenvalue weighted by Crippen LogP contribution is 2.44. The molecule has 1 N–H and O–H groups in total. The molecule has 0 saturated carbocycles. The summed E-state index contributed by atoms with van der Waals surface area (Å²) in [7, 11) is 1.70. The SMILES string of the molecule is CC(C)N(C(=O)OCC1c2ccccc2-c2ccccc21)C(C(=O)O)c1cncn1C. The van der Waals surface area contributed by atoms with E-state index < -0.39 is 18.1 Å². The number of benzene rings is 2. The summed E-state index contributed by atoms with van der Waals surface area (Å²) in [5.74, 6) is -1.23. The van der Waals surface area contributed by atoms with Gasteiger partial charge in [-0.25, -0.2) is 14.6 Å². The number of ether oxygens (including phenoxy) is 1. The highest BCUT2D eigenvalue weighted by Gasteiger charge is 2.37. The zero-order valence-electron chi connectivity index (χ0n) is 17.7. The molecule has 1 amide bonds. The molecule has 4 rings (SSSR count). The summed E-state index contributed by atoms with van der Waals surface area (Å²) in [6.45, 7) is 3.68. The number of carboxylic acids is 1. The van der Waals surface area contributed by atoms with Crippen LogP contribution < -0.4 is 0 Å². The second-order valence-corrected chi connectivity index (χ2v) is 7.98. The number of hydrogen-bond acceptors (Lipinski definition) is 4. The van der Waals surface area contributed by atoms with Crippen molar-refractivity contribution in [3.8, 4) is 11.1 Å². The minimum absolute atomic E-state index is 0.0923.